The maximum absolute atomic E-state index is 12.8. The maximum atomic E-state index is 12.8. The van der Waals surface area contributed by atoms with Gasteiger partial charge in [0.05, 0.1) is 28.7 Å². The van der Waals surface area contributed by atoms with Gasteiger partial charge in [-0.2, -0.15) is 0 Å². The fraction of sp³-hybridized carbons (Fsp3) is 0.316. The number of nitrogens with one attached hydrogen (secondary N) is 1. The summed E-state index contributed by atoms with van der Waals surface area (Å²) >= 11 is 9.50. The second-order valence-electron chi connectivity index (χ2n) is 6.43. The number of benzene rings is 2. The highest BCUT2D eigenvalue weighted by Crippen LogP contribution is 2.37. The van der Waals surface area contributed by atoms with Crippen LogP contribution < -0.4 is 14.4 Å². The minimum atomic E-state index is -3.35. The molecule has 9 heteroatoms. The third-order valence-corrected chi connectivity index (χ3v) is 6.35. The highest BCUT2D eigenvalue weighted by Gasteiger charge is 2.25. The number of anilines is 2. The number of hydrogen-bond donors (Lipinski definition) is 1. The van der Waals surface area contributed by atoms with Gasteiger partial charge in [-0.15, -0.1) is 0 Å². The molecule has 1 amide bonds. The van der Waals surface area contributed by atoms with E-state index in [-0.39, 0.29) is 5.91 Å². The van der Waals surface area contributed by atoms with Crippen LogP contribution >= 0.6 is 27.5 Å². The molecule has 3 rings (SSSR count). The van der Waals surface area contributed by atoms with Gasteiger partial charge < -0.3 is 10.1 Å². The minimum absolute atomic E-state index is 0.325. The topological polar surface area (TPSA) is 75.7 Å². The summed E-state index contributed by atoms with van der Waals surface area (Å²) in [5.74, 6) is 0.177. The summed E-state index contributed by atoms with van der Waals surface area (Å²) in [4.78, 5) is 12.8. The van der Waals surface area contributed by atoms with Crippen molar-refractivity contribution < 1.29 is 17.9 Å². The molecule has 2 aromatic rings. The number of aryl methyl sites for hydroxylation is 1. The van der Waals surface area contributed by atoms with Crippen LogP contribution in [0.15, 0.2) is 34.8 Å². The van der Waals surface area contributed by atoms with E-state index >= 15 is 0 Å². The summed E-state index contributed by atoms with van der Waals surface area (Å²) in [6.45, 7) is 2.73. The van der Waals surface area contributed by atoms with Crippen molar-refractivity contribution in [3.63, 3.8) is 0 Å². The Morgan fingerprint density at radius 2 is 2.07 bits per heavy atom. The minimum Gasteiger partial charge on any atom is -0.491 e. The fourth-order valence-electron chi connectivity index (χ4n) is 3.19. The van der Waals surface area contributed by atoms with Crippen LogP contribution in [0.3, 0.4) is 0 Å². The van der Waals surface area contributed by atoms with E-state index in [1.165, 1.54) is 10.6 Å². The van der Waals surface area contributed by atoms with Crippen LogP contribution in [0.25, 0.3) is 0 Å². The number of ether oxygens (including phenoxy) is 1. The number of carbonyl (C=O) groups is 1. The summed E-state index contributed by atoms with van der Waals surface area (Å²) in [5.41, 5.74) is 2.36. The highest BCUT2D eigenvalue weighted by atomic mass is 79.9. The zero-order valence-electron chi connectivity index (χ0n) is 15.5. The molecule has 0 aliphatic carbocycles. The van der Waals surface area contributed by atoms with Gasteiger partial charge >= 0.3 is 0 Å². The molecule has 0 saturated carbocycles. The molecule has 0 fully saturated rings. The molecule has 0 spiro atoms. The van der Waals surface area contributed by atoms with E-state index in [9.17, 15) is 13.2 Å². The second kappa shape index (κ2) is 8.31. The Kier molecular flexibility index (Phi) is 6.21. The first-order chi connectivity index (χ1) is 13.2. The van der Waals surface area contributed by atoms with Gasteiger partial charge in [0.15, 0.2) is 5.75 Å². The molecule has 6 nitrogen and oxygen atoms in total. The van der Waals surface area contributed by atoms with Crippen LogP contribution in [0.4, 0.5) is 11.4 Å². The van der Waals surface area contributed by atoms with Gasteiger partial charge in [-0.1, -0.05) is 11.6 Å². The van der Waals surface area contributed by atoms with Crippen LogP contribution in [0.1, 0.15) is 29.3 Å². The second-order valence-corrected chi connectivity index (χ2v) is 9.63. The molecule has 0 saturated heterocycles. The quantitative estimate of drug-likeness (QED) is 0.675. The van der Waals surface area contributed by atoms with Crippen LogP contribution in [0.5, 0.6) is 5.75 Å². The predicted octanol–water partition coefficient (Wildman–Crippen LogP) is 4.47. The molecular weight excluding hydrogens is 468 g/mol. The van der Waals surface area contributed by atoms with Gasteiger partial charge in [0, 0.05) is 17.1 Å². The molecule has 2 aromatic carbocycles. The maximum Gasteiger partial charge on any atom is 0.255 e. The molecule has 0 aromatic heterocycles. The van der Waals surface area contributed by atoms with Crippen molar-refractivity contribution in [1.29, 1.82) is 0 Å². The number of carbonyl (C=O) groups excluding carboxylic acids is 1. The van der Waals surface area contributed by atoms with Crippen molar-refractivity contribution in [2.24, 2.45) is 0 Å². The van der Waals surface area contributed by atoms with Gasteiger partial charge in [-0.3, -0.25) is 9.10 Å². The molecule has 1 heterocycles. The molecule has 28 heavy (non-hydrogen) atoms. The number of hydrogen-bond acceptors (Lipinski definition) is 4. The van der Waals surface area contributed by atoms with Crippen LogP contribution in [0.2, 0.25) is 5.02 Å². The molecule has 1 N–H and O–H groups in total. The monoisotopic (exact) mass is 486 g/mol. The van der Waals surface area contributed by atoms with Crippen LogP contribution in [-0.4, -0.2) is 33.7 Å². The van der Waals surface area contributed by atoms with E-state index in [1.807, 2.05) is 6.92 Å². The zero-order valence-corrected chi connectivity index (χ0v) is 18.6. The molecule has 0 atom stereocenters. The Bertz CT molecular complexity index is 1030. The molecule has 1 aliphatic rings. The number of fused-ring (bicyclic) bond motifs is 1. The van der Waals surface area contributed by atoms with E-state index < -0.39 is 10.0 Å². The summed E-state index contributed by atoms with van der Waals surface area (Å²) < 4.78 is 31.6. The average Bonchev–Trinajstić information content (AvgIpc) is 2.62. The molecule has 0 radical (unpaired) electrons. The standard InChI is InChI=1S/C19H20BrClN2O4S/c1-3-27-18-15(20)10-14(21)11-16(18)22-19(24)13-6-7-17-12(9-13)5-4-8-23(17)28(2,25)26/h6-7,9-11H,3-5,8H2,1-2H3,(H,22,24). The Labute approximate surface area is 178 Å². The SMILES string of the molecule is CCOc1c(Br)cc(Cl)cc1NC(=O)c1ccc2c(c1)CCCN2S(C)(=O)=O. The Balaban J connectivity index is 1.91. The molecule has 0 bridgehead atoms. The van der Waals surface area contributed by atoms with Gasteiger partial charge in [-0.25, -0.2) is 8.42 Å². The summed E-state index contributed by atoms with van der Waals surface area (Å²) in [5, 5.41) is 3.29. The van der Waals surface area contributed by atoms with E-state index in [4.69, 9.17) is 16.3 Å². The fourth-order valence-corrected chi connectivity index (χ4v) is 5.11. The lowest BCUT2D eigenvalue weighted by Gasteiger charge is -2.29. The van der Waals surface area contributed by atoms with Crippen molar-refractivity contribution in [1.82, 2.24) is 0 Å². The highest BCUT2D eigenvalue weighted by molar-refractivity contribution is 9.10. The largest absolute Gasteiger partial charge is 0.491 e. The van der Waals surface area contributed by atoms with Crippen molar-refractivity contribution in [3.8, 4) is 5.75 Å². The van der Waals surface area contributed by atoms with Crippen molar-refractivity contribution in [3.05, 3.63) is 51.0 Å². The zero-order chi connectivity index (χ0) is 20.5. The predicted molar refractivity (Wildman–Crippen MR) is 115 cm³/mol. The van der Waals surface area contributed by atoms with E-state index in [0.717, 1.165) is 12.0 Å². The Hall–Kier alpha value is -1.77. The van der Waals surface area contributed by atoms with E-state index in [0.29, 0.717) is 51.8 Å². The molecular formula is C19H20BrClN2O4S. The first-order valence-corrected chi connectivity index (χ1v) is 11.8. The number of amides is 1. The van der Waals surface area contributed by atoms with Crippen molar-refractivity contribution in [2.45, 2.75) is 19.8 Å². The van der Waals surface area contributed by atoms with Gasteiger partial charge in [0.1, 0.15) is 0 Å². The molecule has 0 unspecified atom stereocenters. The Morgan fingerprint density at radius 1 is 1.32 bits per heavy atom. The normalized spacial score (nSPS) is 13.8. The molecule has 150 valence electrons. The third kappa shape index (κ3) is 4.45. The lowest BCUT2D eigenvalue weighted by molar-refractivity contribution is 0.102. The van der Waals surface area contributed by atoms with Crippen LogP contribution in [0, 0.1) is 0 Å². The van der Waals surface area contributed by atoms with Gasteiger partial charge in [0.25, 0.3) is 5.91 Å². The average molecular weight is 488 g/mol. The van der Waals surface area contributed by atoms with Crippen molar-refractivity contribution >= 4 is 54.8 Å². The van der Waals surface area contributed by atoms with Crippen molar-refractivity contribution in [2.75, 3.05) is 29.0 Å². The lowest BCUT2D eigenvalue weighted by atomic mass is 10.0. The van der Waals surface area contributed by atoms with E-state index in [2.05, 4.69) is 21.2 Å². The number of nitrogens with zero attached hydrogens (tertiary/aromatic N) is 1. The lowest BCUT2D eigenvalue weighted by Crippen LogP contribution is -2.34. The number of halogens is 2. The molecule has 1 aliphatic heterocycles. The first kappa shape index (κ1) is 21.0. The van der Waals surface area contributed by atoms with Gasteiger partial charge in [0.2, 0.25) is 10.0 Å². The number of sulfonamides is 1. The Morgan fingerprint density at radius 3 is 2.75 bits per heavy atom. The summed E-state index contributed by atoms with van der Waals surface area (Å²) in [6, 6.07) is 8.36. The summed E-state index contributed by atoms with van der Waals surface area (Å²) in [6.07, 6.45) is 2.62. The smallest absolute Gasteiger partial charge is 0.255 e. The summed E-state index contributed by atoms with van der Waals surface area (Å²) in [7, 11) is -3.35. The van der Waals surface area contributed by atoms with Gasteiger partial charge in [-0.05, 0) is 71.6 Å². The van der Waals surface area contributed by atoms with E-state index in [1.54, 1.807) is 30.3 Å². The third-order valence-electron chi connectivity index (χ3n) is 4.36. The first-order valence-electron chi connectivity index (χ1n) is 8.74. The number of rotatable bonds is 5. The van der Waals surface area contributed by atoms with Crippen LogP contribution in [-0.2, 0) is 16.4 Å².